The quantitative estimate of drug-likeness (QED) is 0.0277. The number of esters is 2. The van der Waals surface area contributed by atoms with E-state index >= 15 is 0 Å². The number of carbonyl (C=O) groups is 2. The third-order valence-electron chi connectivity index (χ3n) is 10.7. The average Bonchev–Trinajstić information content (AvgIpc) is 3.24. The van der Waals surface area contributed by atoms with Crippen LogP contribution in [0, 0.1) is 0 Å². The monoisotopic (exact) mass is 981 g/mol. The van der Waals surface area contributed by atoms with Gasteiger partial charge in [-0.25, -0.2) is 0 Å². The average molecular weight is 980 g/mol. The molecule has 0 aliphatic rings. The topological polar surface area (TPSA) is 52.6 Å². The van der Waals surface area contributed by atoms with Gasteiger partial charge in [0.05, 0.1) is 24.7 Å². The number of thiol groups is 2. The summed E-state index contributed by atoms with van der Waals surface area (Å²) >= 11 is 7.69. The molecular weight excluding hydrogens is 871 g/mol. The van der Waals surface area contributed by atoms with Crippen molar-refractivity contribution in [2.75, 3.05) is 24.7 Å². The molecular formula is C52H108O4S2Sn. The molecule has 0 saturated carbocycles. The molecule has 0 aromatic rings. The second-order valence-electron chi connectivity index (χ2n) is 16.8. The van der Waals surface area contributed by atoms with Gasteiger partial charge in [0.15, 0.2) is 0 Å². The van der Waals surface area contributed by atoms with Gasteiger partial charge in [-0.1, -0.05) is 286 Å². The third kappa shape index (κ3) is 79.3. The Bertz CT molecular complexity index is 634. The van der Waals surface area contributed by atoms with E-state index in [1.165, 1.54) is 244 Å². The van der Waals surface area contributed by atoms with Crippen LogP contribution in [0.1, 0.15) is 298 Å². The largest absolute Gasteiger partial charge is 0.465 e. The van der Waals surface area contributed by atoms with Gasteiger partial charge in [-0.2, -0.15) is 25.3 Å². The maximum absolute atomic E-state index is 10.8. The van der Waals surface area contributed by atoms with Gasteiger partial charge in [-0.3, -0.25) is 9.59 Å². The van der Waals surface area contributed by atoms with Crippen molar-refractivity contribution in [3.63, 3.8) is 0 Å². The maximum atomic E-state index is 10.8. The minimum atomic E-state index is -0.204. The number of hydrogen-bond acceptors (Lipinski definition) is 6. The SMILES string of the molecule is CCCCCCCCCCCC.CCCCCCCCCCCC.CCCCCCCCCCCCOC(=O)CS.CCCCCCCCCCCCOC(=O)CS.[Sn]. The molecule has 0 atom stereocenters. The first kappa shape index (κ1) is 68.5. The number of hydrogen-bond donors (Lipinski definition) is 2. The molecule has 0 N–H and O–H groups in total. The molecule has 0 unspecified atom stereocenters. The van der Waals surface area contributed by atoms with E-state index in [0.29, 0.717) is 13.2 Å². The Kier molecular flexibility index (Phi) is 81.4. The van der Waals surface area contributed by atoms with E-state index in [1.807, 2.05) is 0 Å². The van der Waals surface area contributed by atoms with Crippen LogP contribution < -0.4 is 0 Å². The Balaban J connectivity index is -0.000000221. The molecule has 0 aromatic carbocycles. The molecule has 0 fully saturated rings. The van der Waals surface area contributed by atoms with Crippen LogP contribution in [0.3, 0.4) is 0 Å². The Labute approximate surface area is 400 Å². The van der Waals surface area contributed by atoms with Gasteiger partial charge in [-0.05, 0) is 12.8 Å². The van der Waals surface area contributed by atoms with E-state index in [-0.39, 0.29) is 47.4 Å². The standard InChI is InChI=1S/2C14H28O2S.2C12H26.Sn/c2*1-2-3-4-5-6-7-8-9-10-11-12-16-14(15)13-17;2*1-3-5-7-9-11-12-10-8-6-4-2;/h2*17H,2-13H2,1H3;2*3-12H2,1-2H3;. The van der Waals surface area contributed by atoms with Crippen molar-refractivity contribution in [3.8, 4) is 0 Å². The summed E-state index contributed by atoms with van der Waals surface area (Å²) in [6.45, 7) is 14.7. The molecule has 356 valence electrons. The molecule has 59 heavy (non-hydrogen) atoms. The number of unbranched alkanes of at least 4 members (excludes halogenated alkanes) is 36. The molecule has 4 radical (unpaired) electrons. The summed E-state index contributed by atoms with van der Waals surface area (Å²) in [7, 11) is 0. The summed E-state index contributed by atoms with van der Waals surface area (Å²) in [5, 5.41) is 0. The zero-order valence-electron chi connectivity index (χ0n) is 41.1. The van der Waals surface area contributed by atoms with Crippen molar-refractivity contribution in [2.24, 2.45) is 0 Å². The predicted octanol–water partition coefficient (Wildman–Crippen LogP) is 18.2. The first-order valence-corrected chi connectivity index (χ1v) is 27.2. The van der Waals surface area contributed by atoms with Gasteiger partial charge < -0.3 is 9.47 Å². The van der Waals surface area contributed by atoms with Gasteiger partial charge in [0, 0.05) is 23.9 Å². The molecule has 0 aliphatic carbocycles. The van der Waals surface area contributed by atoms with E-state index in [1.54, 1.807) is 0 Å². The molecule has 0 aromatic heterocycles. The summed E-state index contributed by atoms with van der Waals surface area (Å²) in [5.74, 6) is -0.0243. The van der Waals surface area contributed by atoms with Crippen LogP contribution in [0.2, 0.25) is 0 Å². The summed E-state index contributed by atoms with van der Waals surface area (Å²) < 4.78 is 9.90. The summed E-state index contributed by atoms with van der Waals surface area (Å²) in [4.78, 5) is 21.5. The van der Waals surface area contributed by atoms with Crippen molar-refractivity contribution in [1.29, 1.82) is 0 Å². The first-order valence-electron chi connectivity index (χ1n) is 26.0. The fourth-order valence-electron chi connectivity index (χ4n) is 6.76. The van der Waals surface area contributed by atoms with Crippen LogP contribution in [0.5, 0.6) is 0 Å². The molecule has 0 bridgehead atoms. The minimum Gasteiger partial charge on any atom is -0.465 e. The van der Waals surface area contributed by atoms with E-state index in [0.717, 1.165) is 12.8 Å². The summed E-state index contributed by atoms with van der Waals surface area (Å²) in [5.41, 5.74) is 0. The minimum absolute atomic E-state index is 0. The molecule has 0 aliphatic heterocycles. The molecule has 0 amide bonds. The predicted molar refractivity (Wildman–Crippen MR) is 274 cm³/mol. The van der Waals surface area contributed by atoms with Gasteiger partial charge in [0.25, 0.3) is 0 Å². The molecule has 4 nitrogen and oxygen atoms in total. The van der Waals surface area contributed by atoms with Gasteiger partial charge in [-0.15, -0.1) is 0 Å². The zero-order chi connectivity index (χ0) is 43.7. The van der Waals surface area contributed by atoms with Crippen LogP contribution in [-0.4, -0.2) is 60.6 Å². The third-order valence-corrected chi connectivity index (χ3v) is 11.2. The van der Waals surface area contributed by atoms with E-state index in [9.17, 15) is 9.59 Å². The Morgan fingerprint density at radius 1 is 0.271 bits per heavy atom. The summed E-state index contributed by atoms with van der Waals surface area (Å²) in [6, 6.07) is 0. The number of rotatable bonds is 42. The van der Waals surface area contributed by atoms with Crippen LogP contribution in [-0.2, 0) is 19.1 Å². The first-order chi connectivity index (χ1) is 28.4. The molecule has 7 heteroatoms. The maximum Gasteiger partial charge on any atom is 0.315 e. The molecule has 0 spiro atoms. The van der Waals surface area contributed by atoms with E-state index < -0.39 is 0 Å². The zero-order valence-corrected chi connectivity index (χ0v) is 45.8. The molecule has 0 saturated heterocycles. The fourth-order valence-corrected chi connectivity index (χ4v) is 6.95. The van der Waals surface area contributed by atoms with Crippen molar-refractivity contribution in [3.05, 3.63) is 0 Å². The fraction of sp³-hybridized carbons (Fsp3) is 0.962. The van der Waals surface area contributed by atoms with Crippen molar-refractivity contribution >= 4 is 61.1 Å². The smallest absolute Gasteiger partial charge is 0.315 e. The molecule has 0 heterocycles. The van der Waals surface area contributed by atoms with Crippen LogP contribution in [0.15, 0.2) is 0 Å². The Morgan fingerprint density at radius 2 is 0.407 bits per heavy atom. The molecule has 0 rings (SSSR count). The van der Waals surface area contributed by atoms with Crippen molar-refractivity contribution in [2.45, 2.75) is 298 Å². The van der Waals surface area contributed by atoms with E-state index in [4.69, 9.17) is 9.47 Å². The Hall–Kier alpha value is 0.439. The van der Waals surface area contributed by atoms with Gasteiger partial charge in [0.2, 0.25) is 0 Å². The van der Waals surface area contributed by atoms with Crippen molar-refractivity contribution < 1.29 is 19.1 Å². The summed E-state index contributed by atoms with van der Waals surface area (Å²) in [6.07, 6.45) is 54.9. The normalized spacial score (nSPS) is 10.3. The van der Waals surface area contributed by atoms with E-state index in [2.05, 4.69) is 66.8 Å². The van der Waals surface area contributed by atoms with Gasteiger partial charge >= 0.3 is 11.9 Å². The second kappa shape index (κ2) is 70.1. The number of carbonyl (C=O) groups excluding carboxylic acids is 2. The second-order valence-corrected chi connectivity index (χ2v) is 17.4. The van der Waals surface area contributed by atoms with Crippen LogP contribution >= 0.6 is 25.3 Å². The van der Waals surface area contributed by atoms with Crippen LogP contribution in [0.4, 0.5) is 0 Å². The van der Waals surface area contributed by atoms with Gasteiger partial charge in [0.1, 0.15) is 0 Å². The number of ether oxygens (including phenoxy) is 2. The van der Waals surface area contributed by atoms with Crippen LogP contribution in [0.25, 0.3) is 0 Å². The Morgan fingerprint density at radius 3 is 0.542 bits per heavy atom. The van der Waals surface area contributed by atoms with Crippen molar-refractivity contribution in [1.82, 2.24) is 0 Å².